The van der Waals surface area contributed by atoms with Crippen LogP contribution in [0.4, 0.5) is 5.82 Å². The Hall–Kier alpha value is -7.42. The van der Waals surface area contributed by atoms with E-state index in [1.807, 2.05) is 59.5 Å². The smallest absolute Gasteiger partial charge is 0.210 e. The van der Waals surface area contributed by atoms with Gasteiger partial charge in [-0.05, 0) is 5.56 Å². The van der Waals surface area contributed by atoms with Gasteiger partial charge in [0.2, 0.25) is 5.78 Å². The van der Waals surface area contributed by atoms with Gasteiger partial charge in [0.1, 0.15) is 11.5 Å². The first-order chi connectivity index (χ1) is 28.9. The minimum Gasteiger partial charge on any atom is -0.324 e. The molecule has 0 spiro atoms. The molecule has 0 aliphatic carbocycles. The van der Waals surface area contributed by atoms with Gasteiger partial charge >= 0.3 is 0 Å². The van der Waals surface area contributed by atoms with E-state index in [0.717, 1.165) is 17.3 Å². The van der Waals surface area contributed by atoms with Crippen molar-refractivity contribution in [1.82, 2.24) is 4.57 Å². The molecule has 0 radical (unpaired) electrons. The van der Waals surface area contributed by atoms with Gasteiger partial charge in [0, 0.05) is 52.4 Å². The summed E-state index contributed by atoms with van der Waals surface area (Å²) in [6.45, 7) is 0.600. The Kier molecular flexibility index (Phi) is 11.3. The number of rotatable bonds is 14. The van der Waals surface area contributed by atoms with Crippen LogP contribution >= 0.6 is 11.8 Å². The SMILES string of the molecule is O=C(/C=C(\S/C=C(/c1ccccc1)N1CCn2c(C(=O)c3ccccc3)c(C(=O)c3ccccc3)c(C(=O)c3ccccc3)c21)C(=O)c1ccccc1)c1ccccc1. The number of hydrogen-bond donors (Lipinski definition) is 0. The van der Waals surface area contributed by atoms with Gasteiger partial charge in [-0.3, -0.25) is 24.0 Å². The Morgan fingerprint density at radius 1 is 0.441 bits per heavy atom. The fraction of sp³-hybridized carbons (Fsp3) is 0.0392. The number of thioether (sulfide) groups is 1. The number of fused-ring (bicyclic) bond motifs is 1. The molecule has 1 aromatic heterocycles. The molecule has 0 saturated carbocycles. The van der Waals surface area contributed by atoms with Crippen LogP contribution in [0.1, 0.15) is 74.2 Å². The number of carbonyl (C=O) groups excluding carboxylic acids is 5. The molecule has 0 amide bonds. The van der Waals surface area contributed by atoms with Crippen LogP contribution in [0.5, 0.6) is 0 Å². The van der Waals surface area contributed by atoms with Crippen LogP contribution in [0.25, 0.3) is 5.70 Å². The van der Waals surface area contributed by atoms with Gasteiger partial charge in [-0.15, -0.1) is 0 Å². The summed E-state index contributed by atoms with van der Waals surface area (Å²) in [5, 5.41) is 1.80. The average molecular weight is 789 g/mol. The number of allylic oxidation sites excluding steroid dienone is 2. The molecule has 7 aromatic rings. The first kappa shape index (κ1) is 38.5. The third-order valence-corrected chi connectivity index (χ3v) is 11.0. The number of Topliss-reactive ketones (excluding diaryl/α,β-unsaturated/α-hetero) is 1. The molecule has 2 heterocycles. The second-order valence-corrected chi connectivity index (χ2v) is 14.6. The van der Waals surface area contributed by atoms with Crippen LogP contribution in [0, 0.1) is 0 Å². The van der Waals surface area contributed by atoms with Gasteiger partial charge in [0.25, 0.3) is 0 Å². The summed E-state index contributed by atoms with van der Waals surface area (Å²) in [6, 6.07) is 53.1. The molecule has 8 heteroatoms. The quantitative estimate of drug-likeness (QED) is 0.0800. The number of ketones is 5. The van der Waals surface area contributed by atoms with E-state index < -0.39 is 17.3 Å². The molecule has 0 unspecified atom stereocenters. The molecule has 0 bridgehead atoms. The Balaban J connectivity index is 1.35. The number of carbonyl (C=O) groups is 5. The van der Waals surface area contributed by atoms with Crippen molar-refractivity contribution in [3.8, 4) is 0 Å². The monoisotopic (exact) mass is 788 g/mol. The highest BCUT2D eigenvalue weighted by Crippen LogP contribution is 2.43. The van der Waals surface area contributed by atoms with E-state index in [1.54, 1.807) is 137 Å². The van der Waals surface area contributed by atoms with Crippen LogP contribution in [0.3, 0.4) is 0 Å². The maximum absolute atomic E-state index is 15.0. The Bertz CT molecular complexity index is 2750. The zero-order chi connectivity index (χ0) is 40.7. The summed E-state index contributed by atoms with van der Waals surface area (Å²) in [7, 11) is 0. The van der Waals surface area contributed by atoms with Crippen molar-refractivity contribution in [2.45, 2.75) is 6.54 Å². The zero-order valence-electron chi connectivity index (χ0n) is 31.7. The highest BCUT2D eigenvalue weighted by Gasteiger charge is 2.40. The van der Waals surface area contributed by atoms with E-state index in [0.29, 0.717) is 45.9 Å². The topological polar surface area (TPSA) is 93.5 Å². The summed E-state index contributed by atoms with van der Waals surface area (Å²) < 4.78 is 1.79. The molecular weight excluding hydrogens is 753 g/mol. The Morgan fingerprint density at radius 2 is 0.847 bits per heavy atom. The van der Waals surface area contributed by atoms with Gasteiger partial charge in [0.15, 0.2) is 23.1 Å². The van der Waals surface area contributed by atoms with Crippen LogP contribution in [0.2, 0.25) is 0 Å². The van der Waals surface area contributed by atoms with Crippen LogP contribution in [-0.2, 0) is 6.54 Å². The number of aromatic nitrogens is 1. The Labute approximate surface area is 346 Å². The maximum atomic E-state index is 15.0. The molecule has 286 valence electrons. The van der Waals surface area contributed by atoms with Gasteiger partial charge in [-0.2, -0.15) is 0 Å². The van der Waals surface area contributed by atoms with Crippen LogP contribution < -0.4 is 4.90 Å². The van der Waals surface area contributed by atoms with Crippen LogP contribution in [0.15, 0.2) is 198 Å². The van der Waals surface area contributed by atoms with Crippen molar-refractivity contribution in [1.29, 1.82) is 0 Å². The van der Waals surface area contributed by atoms with Crippen molar-refractivity contribution < 1.29 is 24.0 Å². The molecule has 0 fully saturated rings. The second-order valence-electron chi connectivity index (χ2n) is 13.7. The lowest BCUT2D eigenvalue weighted by Gasteiger charge is -2.24. The minimum atomic E-state index is -0.455. The summed E-state index contributed by atoms with van der Waals surface area (Å²) in [5.41, 5.74) is 3.51. The highest BCUT2D eigenvalue weighted by atomic mass is 32.2. The lowest BCUT2D eigenvalue weighted by molar-refractivity contribution is 0.0990. The van der Waals surface area contributed by atoms with Crippen molar-refractivity contribution in [2.75, 3.05) is 11.4 Å². The van der Waals surface area contributed by atoms with Crippen molar-refractivity contribution in [2.24, 2.45) is 0 Å². The lowest BCUT2D eigenvalue weighted by Crippen LogP contribution is -2.22. The number of anilines is 1. The zero-order valence-corrected chi connectivity index (χ0v) is 32.5. The van der Waals surface area contributed by atoms with Gasteiger partial charge in [0.05, 0.1) is 21.7 Å². The summed E-state index contributed by atoms with van der Waals surface area (Å²) in [4.78, 5) is 74.4. The molecule has 0 atom stereocenters. The summed E-state index contributed by atoms with van der Waals surface area (Å²) in [5.74, 6) is -1.54. The first-order valence-corrected chi connectivity index (χ1v) is 19.9. The normalized spacial score (nSPS) is 12.5. The molecule has 59 heavy (non-hydrogen) atoms. The largest absolute Gasteiger partial charge is 0.324 e. The third kappa shape index (κ3) is 7.94. The molecule has 0 N–H and O–H groups in total. The minimum absolute atomic E-state index is 0.0203. The number of nitrogens with zero attached hydrogens (tertiary/aromatic N) is 2. The van der Waals surface area contributed by atoms with Gasteiger partial charge in [-0.1, -0.05) is 194 Å². The molecule has 8 rings (SSSR count). The number of benzene rings is 6. The van der Waals surface area contributed by atoms with E-state index in [1.165, 1.54) is 6.08 Å². The van der Waals surface area contributed by atoms with Gasteiger partial charge < -0.3 is 9.47 Å². The van der Waals surface area contributed by atoms with E-state index >= 15 is 0 Å². The summed E-state index contributed by atoms with van der Waals surface area (Å²) >= 11 is 1.10. The first-order valence-electron chi connectivity index (χ1n) is 19.1. The Morgan fingerprint density at radius 3 is 1.34 bits per heavy atom. The van der Waals surface area contributed by atoms with E-state index in [9.17, 15) is 24.0 Å². The standard InChI is InChI=1S/C51H36N2O5S/c54-42(36-21-9-2-10-22-36)33-43(47(55)37-23-11-3-12-24-37)59-34-41(35-19-7-1-8-20-35)52-31-32-53-46(50(58)40-29-17-6-18-30-40)44(48(56)38-25-13-4-14-26-38)45(51(52)53)49(57)39-27-15-5-16-28-39/h1-30,33-34H,31-32H2/b41-34-,43-33-. The molecule has 0 saturated heterocycles. The molecule has 7 nitrogen and oxygen atoms in total. The third-order valence-electron chi connectivity index (χ3n) is 10.1. The van der Waals surface area contributed by atoms with Crippen LogP contribution in [-0.4, -0.2) is 40.0 Å². The second kappa shape index (κ2) is 17.4. The molecule has 1 aliphatic rings. The van der Waals surface area contributed by atoms with Crippen molar-refractivity contribution >= 4 is 52.2 Å². The fourth-order valence-electron chi connectivity index (χ4n) is 7.22. The predicted octanol–water partition coefficient (Wildman–Crippen LogP) is 10.4. The predicted molar refractivity (Wildman–Crippen MR) is 233 cm³/mol. The number of hydrogen-bond acceptors (Lipinski definition) is 7. The average Bonchev–Trinajstić information content (AvgIpc) is 3.88. The highest BCUT2D eigenvalue weighted by molar-refractivity contribution is 8.06. The van der Waals surface area contributed by atoms with Crippen molar-refractivity contribution in [3.05, 3.63) is 249 Å². The van der Waals surface area contributed by atoms with E-state index in [2.05, 4.69) is 0 Å². The van der Waals surface area contributed by atoms with E-state index in [-0.39, 0.29) is 39.8 Å². The molecular formula is C51H36N2O5S. The van der Waals surface area contributed by atoms with Gasteiger partial charge in [-0.25, -0.2) is 0 Å². The summed E-state index contributed by atoms with van der Waals surface area (Å²) in [6.07, 6.45) is 1.36. The fourth-order valence-corrected chi connectivity index (χ4v) is 8.12. The molecule has 6 aromatic carbocycles. The maximum Gasteiger partial charge on any atom is 0.210 e. The van der Waals surface area contributed by atoms with E-state index in [4.69, 9.17) is 0 Å². The lowest BCUT2D eigenvalue weighted by atomic mass is 9.92. The molecule has 1 aliphatic heterocycles. The van der Waals surface area contributed by atoms with Crippen molar-refractivity contribution in [3.63, 3.8) is 0 Å².